The number of hydrogen-bond acceptors (Lipinski definition) is 5. The van der Waals surface area contributed by atoms with Crippen molar-refractivity contribution in [3.05, 3.63) is 112 Å². The van der Waals surface area contributed by atoms with Crippen molar-refractivity contribution < 1.29 is 21.6 Å². The van der Waals surface area contributed by atoms with Crippen LogP contribution in [0, 0.1) is 48.5 Å². The minimum absolute atomic E-state index is 0.0462. The molecule has 0 fully saturated rings. The number of sulfonamides is 1. The van der Waals surface area contributed by atoms with Gasteiger partial charge in [0.2, 0.25) is 10.0 Å². The summed E-state index contributed by atoms with van der Waals surface area (Å²) in [4.78, 5) is 0.379. The Morgan fingerprint density at radius 2 is 1.21 bits per heavy atom. The van der Waals surface area contributed by atoms with Crippen LogP contribution in [0.5, 0.6) is 5.75 Å². The molecule has 0 aromatic heterocycles. The molecule has 0 aliphatic rings. The van der Waals surface area contributed by atoms with Gasteiger partial charge >= 0.3 is 0 Å². The molecule has 1 atom stereocenters. The van der Waals surface area contributed by atoms with Crippen LogP contribution in [0.4, 0.5) is 0 Å². The second-order valence-corrected chi connectivity index (χ2v) is 15.0. The van der Waals surface area contributed by atoms with Crippen LogP contribution in [-0.4, -0.2) is 46.1 Å². The number of ether oxygens (including phenoxy) is 1. The van der Waals surface area contributed by atoms with Gasteiger partial charge in [-0.1, -0.05) is 53.1 Å². The Balaban J connectivity index is 1.96. The Bertz CT molecular complexity index is 1660. The molecule has 6 nitrogen and oxygen atoms in total. The average Bonchev–Trinajstić information content (AvgIpc) is 2.94. The van der Waals surface area contributed by atoms with Gasteiger partial charge < -0.3 is 4.74 Å². The van der Waals surface area contributed by atoms with Gasteiger partial charge in [0.05, 0.1) is 21.6 Å². The van der Waals surface area contributed by atoms with E-state index in [1.807, 2.05) is 27.7 Å². The number of nitrogens with zero attached hydrogens (tertiary/aromatic N) is 1. The minimum Gasteiger partial charge on any atom is -0.491 e. The van der Waals surface area contributed by atoms with Crippen molar-refractivity contribution in [3.8, 4) is 5.75 Å². The molecule has 1 unspecified atom stereocenters. The third kappa shape index (κ3) is 7.41. The summed E-state index contributed by atoms with van der Waals surface area (Å²) in [5.41, 5.74) is 7.98. The molecule has 226 valence electrons. The van der Waals surface area contributed by atoms with E-state index in [9.17, 15) is 16.8 Å². The van der Waals surface area contributed by atoms with Gasteiger partial charge in [-0.3, -0.25) is 0 Å². The predicted octanol–water partition coefficient (Wildman–Crippen LogP) is 6.89. The van der Waals surface area contributed by atoms with Crippen LogP contribution in [0.15, 0.2) is 82.6 Å². The molecule has 42 heavy (non-hydrogen) atoms. The second-order valence-electron chi connectivity index (χ2n) is 11.1. The van der Waals surface area contributed by atoms with E-state index >= 15 is 0 Å². The smallest absolute Gasteiger partial charge is 0.244 e. The molecule has 8 heteroatoms. The first-order chi connectivity index (χ1) is 19.6. The summed E-state index contributed by atoms with van der Waals surface area (Å²) >= 11 is 0. The van der Waals surface area contributed by atoms with Gasteiger partial charge in [-0.05, 0) is 107 Å². The molecule has 0 radical (unpaired) electrons. The molecule has 0 saturated heterocycles. The second kappa shape index (κ2) is 13.4. The quantitative estimate of drug-likeness (QED) is 0.209. The Morgan fingerprint density at radius 1 is 0.762 bits per heavy atom. The molecule has 3 aromatic carbocycles. The molecular formula is C34H43NO5S2. The third-order valence-corrected chi connectivity index (χ3v) is 11.7. The molecule has 0 N–H and O–H groups in total. The molecular weight excluding hydrogens is 567 g/mol. The van der Waals surface area contributed by atoms with E-state index in [4.69, 9.17) is 4.74 Å². The topological polar surface area (TPSA) is 80.8 Å². The highest BCUT2D eigenvalue weighted by molar-refractivity contribution is 7.91. The largest absolute Gasteiger partial charge is 0.491 e. The van der Waals surface area contributed by atoms with E-state index in [1.54, 1.807) is 67.6 Å². The molecule has 0 saturated carbocycles. The monoisotopic (exact) mass is 609 g/mol. The summed E-state index contributed by atoms with van der Waals surface area (Å²) < 4.78 is 61.7. The fourth-order valence-corrected chi connectivity index (χ4v) is 7.77. The highest BCUT2D eigenvalue weighted by Gasteiger charge is 2.30. The fraction of sp³-hybridized carbons (Fsp3) is 0.353. The van der Waals surface area contributed by atoms with Crippen LogP contribution < -0.4 is 4.74 Å². The van der Waals surface area contributed by atoms with Crippen molar-refractivity contribution in [1.82, 2.24) is 4.31 Å². The average molecular weight is 610 g/mol. The lowest BCUT2D eigenvalue weighted by atomic mass is 9.94. The third-order valence-electron chi connectivity index (χ3n) is 8.02. The lowest BCUT2D eigenvalue weighted by Gasteiger charge is -2.29. The molecule has 3 aromatic rings. The summed E-state index contributed by atoms with van der Waals surface area (Å²) in [5.74, 6) is 0.524. The summed E-state index contributed by atoms with van der Waals surface area (Å²) in [6.07, 6.45) is 3.22. The van der Waals surface area contributed by atoms with Crippen LogP contribution in [0.1, 0.15) is 45.9 Å². The van der Waals surface area contributed by atoms with E-state index in [0.717, 1.165) is 39.1 Å². The SMILES string of the molecule is C=CC(COc1c(C)c(C)c(C)c(C)c1C)N(C/C=C(\C)CS(=O)(=O)c1ccc(C)cc1)S(=O)(=O)c1ccc(C)cc1. The molecule has 0 aliphatic heterocycles. The zero-order chi connectivity index (χ0) is 31.4. The standard InChI is InChI=1S/C34H43NO5S2/c1-10-31(21-40-34-29(8)27(6)26(5)28(7)30(34)9)35(42(38,39)33-17-13-24(3)14-18-33)20-19-25(4)22-41(36,37)32-15-11-23(2)12-16-32/h10-19,31H,1,20-22H2,2-9H3/b25-19+. The zero-order valence-corrected chi connectivity index (χ0v) is 27.6. The number of sulfone groups is 1. The molecule has 0 amide bonds. The summed E-state index contributed by atoms with van der Waals surface area (Å²) in [6, 6.07) is 12.7. The van der Waals surface area contributed by atoms with Gasteiger partial charge in [-0.15, -0.1) is 6.58 Å². The number of hydrogen-bond donors (Lipinski definition) is 0. The van der Waals surface area contributed by atoms with E-state index in [2.05, 4.69) is 27.4 Å². The van der Waals surface area contributed by atoms with Gasteiger partial charge in [-0.2, -0.15) is 4.31 Å². The molecule has 0 bridgehead atoms. The van der Waals surface area contributed by atoms with Gasteiger partial charge in [0.1, 0.15) is 12.4 Å². The highest BCUT2D eigenvalue weighted by Crippen LogP contribution is 2.33. The van der Waals surface area contributed by atoms with Gasteiger partial charge in [0.25, 0.3) is 0 Å². The van der Waals surface area contributed by atoms with E-state index in [-0.39, 0.29) is 28.7 Å². The first-order valence-electron chi connectivity index (χ1n) is 14.0. The minimum atomic E-state index is -3.99. The van der Waals surface area contributed by atoms with Gasteiger partial charge in [-0.25, -0.2) is 16.8 Å². The van der Waals surface area contributed by atoms with Crippen LogP contribution in [-0.2, 0) is 19.9 Å². The Hall–Kier alpha value is -3.20. The normalized spacial score (nSPS) is 13.3. The van der Waals surface area contributed by atoms with Crippen LogP contribution in [0.3, 0.4) is 0 Å². The Morgan fingerprint density at radius 3 is 1.69 bits per heavy atom. The number of aryl methyl sites for hydroxylation is 2. The fourth-order valence-electron chi connectivity index (χ4n) is 4.81. The maximum Gasteiger partial charge on any atom is 0.244 e. The molecule has 3 rings (SSSR count). The van der Waals surface area contributed by atoms with Crippen molar-refractivity contribution in [1.29, 1.82) is 0 Å². The van der Waals surface area contributed by atoms with Gasteiger partial charge in [0, 0.05) is 6.54 Å². The van der Waals surface area contributed by atoms with Crippen molar-refractivity contribution in [3.63, 3.8) is 0 Å². The Labute approximate surface area is 252 Å². The highest BCUT2D eigenvalue weighted by atomic mass is 32.2. The van der Waals surface area contributed by atoms with Crippen LogP contribution >= 0.6 is 0 Å². The number of rotatable bonds is 12. The van der Waals surface area contributed by atoms with Crippen molar-refractivity contribution in [2.45, 2.75) is 71.2 Å². The maximum absolute atomic E-state index is 14.0. The zero-order valence-electron chi connectivity index (χ0n) is 26.0. The predicted molar refractivity (Wildman–Crippen MR) is 172 cm³/mol. The van der Waals surface area contributed by atoms with Crippen molar-refractivity contribution in [2.24, 2.45) is 0 Å². The van der Waals surface area contributed by atoms with Crippen molar-refractivity contribution >= 4 is 19.9 Å². The summed E-state index contributed by atoms with van der Waals surface area (Å²) in [5, 5.41) is 0. The van der Waals surface area contributed by atoms with E-state index in [0.29, 0.717) is 5.57 Å². The van der Waals surface area contributed by atoms with Crippen LogP contribution in [0.2, 0.25) is 0 Å². The molecule has 0 heterocycles. The first kappa shape index (κ1) is 33.3. The van der Waals surface area contributed by atoms with E-state index in [1.165, 1.54) is 9.87 Å². The summed E-state index contributed by atoms with van der Waals surface area (Å²) in [6.45, 7) is 19.7. The van der Waals surface area contributed by atoms with E-state index < -0.39 is 25.9 Å². The molecule has 0 aliphatic carbocycles. The lowest BCUT2D eigenvalue weighted by molar-refractivity contribution is 0.238. The lowest BCUT2D eigenvalue weighted by Crippen LogP contribution is -2.42. The van der Waals surface area contributed by atoms with Crippen LogP contribution in [0.25, 0.3) is 0 Å². The van der Waals surface area contributed by atoms with Crippen molar-refractivity contribution in [2.75, 3.05) is 18.9 Å². The van der Waals surface area contributed by atoms with Gasteiger partial charge in [0.15, 0.2) is 9.84 Å². The Kier molecular flexibility index (Phi) is 10.6. The first-order valence-corrected chi connectivity index (χ1v) is 17.0. The maximum atomic E-state index is 14.0. The summed E-state index contributed by atoms with van der Waals surface area (Å²) in [7, 11) is -7.58. The molecule has 0 spiro atoms. The number of benzene rings is 3.